The molecule has 0 amide bonds. The summed E-state index contributed by atoms with van der Waals surface area (Å²) in [5.74, 6) is 0. The van der Waals surface area contributed by atoms with Gasteiger partial charge in [-0.25, -0.2) is 0 Å². The zero-order valence-corrected chi connectivity index (χ0v) is 37.6. The molecule has 2 aliphatic rings. The minimum Gasteiger partial charge on any atom is -0.353 e. The van der Waals surface area contributed by atoms with E-state index in [9.17, 15) is 0 Å². The van der Waals surface area contributed by atoms with E-state index in [4.69, 9.17) is 4.99 Å². The van der Waals surface area contributed by atoms with Crippen molar-refractivity contribution >= 4 is 75.2 Å². The molecule has 1 aliphatic heterocycles. The van der Waals surface area contributed by atoms with Gasteiger partial charge < -0.3 is 5.32 Å². The molecule has 0 fully saturated rings. The highest BCUT2D eigenvalue weighted by atomic mass is 32.1. The number of aliphatic imine (C=N–C) groups is 1. The first kappa shape index (κ1) is 38.6. The fourth-order valence-corrected chi connectivity index (χ4v) is 12.1. The Morgan fingerprint density at radius 3 is 2.00 bits per heavy atom. The molecule has 11 aromatic rings. The summed E-state index contributed by atoms with van der Waals surface area (Å²) in [6.45, 7) is 4.68. The predicted molar refractivity (Wildman–Crippen MR) is 282 cm³/mol. The van der Waals surface area contributed by atoms with Crippen molar-refractivity contribution in [3.63, 3.8) is 0 Å². The molecule has 1 unspecified atom stereocenters. The standard InChI is InChI=1S/C63H44N2S/c1-63(2)54-24-10-9-20-50(54)51-35-34-44(37-55(51)63)56-25-13-26-57(65-62(64-56)45-33-28-39-14-3-4-16-43(39)36-45)53-38-59-61(52-21-8-7-19-49(52)53)60-48(23-12-27-58(60)66-59)42-31-29-41(30-32-42)47-22-11-17-40-15-5-6-18-46(40)47/h3-24,27-38,62,64H,26H2,1-2H3/b65-57+. The van der Waals surface area contributed by atoms with E-state index < -0.39 is 0 Å². The lowest BCUT2D eigenvalue weighted by molar-refractivity contribution is 0.657. The molecule has 0 bridgehead atoms. The molecule has 2 heterocycles. The molecule has 10 aromatic carbocycles. The van der Waals surface area contributed by atoms with Crippen molar-refractivity contribution in [1.82, 2.24) is 5.32 Å². The number of benzene rings is 10. The van der Waals surface area contributed by atoms with Crippen LogP contribution in [0.3, 0.4) is 0 Å². The monoisotopic (exact) mass is 860 g/mol. The van der Waals surface area contributed by atoms with Gasteiger partial charge in [-0.1, -0.05) is 196 Å². The van der Waals surface area contributed by atoms with Crippen molar-refractivity contribution < 1.29 is 0 Å². The number of fused-ring (bicyclic) bond motifs is 10. The summed E-state index contributed by atoms with van der Waals surface area (Å²) in [6.07, 6.45) is 2.47. The summed E-state index contributed by atoms with van der Waals surface area (Å²) in [4.78, 5) is 5.74. The topological polar surface area (TPSA) is 24.4 Å². The van der Waals surface area contributed by atoms with Crippen LogP contribution in [0.1, 0.15) is 54.3 Å². The highest BCUT2D eigenvalue weighted by Crippen LogP contribution is 2.50. The van der Waals surface area contributed by atoms with Crippen LogP contribution in [-0.2, 0) is 5.41 Å². The third kappa shape index (κ3) is 6.20. The van der Waals surface area contributed by atoms with Gasteiger partial charge in [0.05, 0.1) is 11.4 Å². The summed E-state index contributed by atoms with van der Waals surface area (Å²) in [5.41, 5.74) is 19.4. The molecule has 1 aromatic heterocycles. The maximum atomic E-state index is 5.74. The van der Waals surface area contributed by atoms with Crippen LogP contribution in [0.15, 0.2) is 217 Å². The van der Waals surface area contributed by atoms with Crippen molar-refractivity contribution in [3.8, 4) is 33.4 Å². The van der Waals surface area contributed by atoms with Gasteiger partial charge in [0.2, 0.25) is 0 Å². The fraction of sp³-hybridized carbons (Fsp3) is 0.0794. The van der Waals surface area contributed by atoms with E-state index in [1.165, 1.54) is 97.0 Å². The van der Waals surface area contributed by atoms with Gasteiger partial charge >= 0.3 is 0 Å². The smallest absolute Gasteiger partial charge is 0.145 e. The molecule has 312 valence electrons. The zero-order chi connectivity index (χ0) is 43.9. The molecule has 13 rings (SSSR count). The molecule has 2 nitrogen and oxygen atoms in total. The van der Waals surface area contributed by atoms with Crippen molar-refractivity contribution in [2.24, 2.45) is 4.99 Å². The van der Waals surface area contributed by atoms with Gasteiger partial charge in [-0.3, -0.25) is 4.99 Å². The van der Waals surface area contributed by atoms with Crippen molar-refractivity contribution in [1.29, 1.82) is 0 Å². The molecule has 3 heteroatoms. The van der Waals surface area contributed by atoms with E-state index in [0.29, 0.717) is 6.42 Å². The molecular weight excluding hydrogens is 817 g/mol. The van der Waals surface area contributed by atoms with Crippen LogP contribution in [0.25, 0.3) is 91.6 Å². The third-order valence-corrected chi connectivity index (χ3v) is 15.3. The lowest BCUT2D eigenvalue weighted by atomic mass is 9.82. The number of nitrogens with zero attached hydrogens (tertiary/aromatic N) is 1. The molecule has 1 aliphatic carbocycles. The molecule has 0 spiro atoms. The van der Waals surface area contributed by atoms with Gasteiger partial charge in [0.25, 0.3) is 0 Å². The summed E-state index contributed by atoms with van der Waals surface area (Å²) in [6, 6.07) is 73.6. The first-order chi connectivity index (χ1) is 32.5. The first-order valence-corrected chi connectivity index (χ1v) is 23.8. The SMILES string of the molecule is CC1(C)c2ccccc2-c2ccc(C3=C=CC/C(c4cc5sc6cccc(-c7ccc(-c8cccc9ccccc89)cc7)c6c5c5ccccc45)=N\C(c4ccc5ccccc5c4)N3)cc21. The Morgan fingerprint density at radius 2 is 1.14 bits per heavy atom. The number of hydrogen-bond acceptors (Lipinski definition) is 3. The normalized spacial score (nSPS) is 16.1. The second-order valence-electron chi connectivity index (χ2n) is 18.3. The average Bonchev–Trinajstić information content (AvgIpc) is 3.85. The van der Waals surface area contributed by atoms with Gasteiger partial charge in [0, 0.05) is 43.1 Å². The second kappa shape index (κ2) is 15.1. The Kier molecular flexibility index (Phi) is 8.86. The molecule has 1 atom stereocenters. The molecule has 0 saturated carbocycles. The molecule has 0 radical (unpaired) electrons. The molecule has 66 heavy (non-hydrogen) atoms. The Balaban J connectivity index is 0.944. The summed E-state index contributed by atoms with van der Waals surface area (Å²) in [7, 11) is 0. The highest BCUT2D eigenvalue weighted by Gasteiger charge is 2.35. The van der Waals surface area contributed by atoms with Crippen molar-refractivity contribution in [3.05, 3.63) is 240 Å². The van der Waals surface area contributed by atoms with Crippen LogP contribution in [-0.4, -0.2) is 5.71 Å². The fourth-order valence-electron chi connectivity index (χ4n) is 10.9. The number of hydrogen-bond donors (Lipinski definition) is 1. The Labute approximate surface area is 388 Å². The van der Waals surface area contributed by atoms with Crippen molar-refractivity contribution in [2.45, 2.75) is 31.8 Å². The number of thiophene rings is 1. The Morgan fingerprint density at radius 1 is 0.485 bits per heavy atom. The predicted octanol–water partition coefficient (Wildman–Crippen LogP) is 16.8. The first-order valence-electron chi connectivity index (χ1n) is 22.9. The average molecular weight is 861 g/mol. The largest absolute Gasteiger partial charge is 0.353 e. The van der Waals surface area contributed by atoms with Crippen LogP contribution in [0.5, 0.6) is 0 Å². The molecule has 0 saturated heterocycles. The summed E-state index contributed by atoms with van der Waals surface area (Å²) >= 11 is 1.87. The van der Waals surface area contributed by atoms with Gasteiger partial charge in [-0.2, -0.15) is 0 Å². The van der Waals surface area contributed by atoms with Crippen LogP contribution in [0, 0.1) is 0 Å². The van der Waals surface area contributed by atoms with E-state index in [2.05, 4.69) is 231 Å². The van der Waals surface area contributed by atoms with Gasteiger partial charge in [-0.15, -0.1) is 11.3 Å². The van der Waals surface area contributed by atoms with E-state index in [0.717, 1.165) is 28.1 Å². The number of rotatable bonds is 5. The zero-order valence-electron chi connectivity index (χ0n) is 36.8. The van der Waals surface area contributed by atoms with Gasteiger partial charge in [-0.05, 0) is 113 Å². The quantitative estimate of drug-likeness (QED) is 0.171. The third-order valence-electron chi connectivity index (χ3n) is 14.2. The summed E-state index contributed by atoms with van der Waals surface area (Å²) in [5, 5.41) is 14.0. The lowest BCUT2D eigenvalue weighted by Crippen LogP contribution is -2.22. The van der Waals surface area contributed by atoms with Crippen LogP contribution < -0.4 is 5.32 Å². The minimum atomic E-state index is -0.348. The van der Waals surface area contributed by atoms with Gasteiger partial charge in [0.1, 0.15) is 6.17 Å². The van der Waals surface area contributed by atoms with Crippen LogP contribution >= 0.6 is 11.3 Å². The second-order valence-corrected chi connectivity index (χ2v) is 19.4. The number of allylic oxidation sites excluding steroid dienone is 1. The van der Waals surface area contributed by atoms with E-state index in [1.807, 2.05) is 11.3 Å². The van der Waals surface area contributed by atoms with E-state index in [-0.39, 0.29) is 11.6 Å². The Bertz CT molecular complexity index is 3890. The Hall–Kier alpha value is -7.81. The van der Waals surface area contributed by atoms with Crippen molar-refractivity contribution in [2.75, 3.05) is 0 Å². The van der Waals surface area contributed by atoms with E-state index in [1.54, 1.807) is 0 Å². The molecular formula is C63H44N2S. The maximum Gasteiger partial charge on any atom is 0.145 e. The molecule has 1 N–H and O–H groups in total. The number of nitrogens with one attached hydrogen (secondary N) is 1. The maximum absolute atomic E-state index is 5.74. The minimum absolute atomic E-state index is 0.104. The van der Waals surface area contributed by atoms with Crippen LogP contribution in [0.2, 0.25) is 0 Å². The highest BCUT2D eigenvalue weighted by molar-refractivity contribution is 7.26. The van der Waals surface area contributed by atoms with E-state index >= 15 is 0 Å². The summed E-state index contributed by atoms with van der Waals surface area (Å²) < 4.78 is 2.55. The lowest BCUT2D eigenvalue weighted by Gasteiger charge is -2.24. The van der Waals surface area contributed by atoms with Gasteiger partial charge in [0.15, 0.2) is 0 Å². The van der Waals surface area contributed by atoms with Crippen LogP contribution in [0.4, 0.5) is 0 Å².